The van der Waals surface area contributed by atoms with Crippen LogP contribution in [0.1, 0.15) is 18.5 Å². The highest BCUT2D eigenvalue weighted by Gasteiger charge is 2.32. The van der Waals surface area contributed by atoms with E-state index in [2.05, 4.69) is 5.32 Å². The highest BCUT2D eigenvalue weighted by molar-refractivity contribution is 5.74. The molecule has 1 aromatic rings. The van der Waals surface area contributed by atoms with Crippen LogP contribution in [0.4, 0.5) is 0 Å². The predicted molar refractivity (Wildman–Crippen MR) is 67.5 cm³/mol. The average molecular weight is 250 g/mol. The van der Waals surface area contributed by atoms with Gasteiger partial charge in [0.05, 0.1) is 0 Å². The van der Waals surface area contributed by atoms with Gasteiger partial charge in [0, 0.05) is 31.2 Å². The van der Waals surface area contributed by atoms with E-state index in [9.17, 15) is 15.0 Å². The summed E-state index contributed by atoms with van der Waals surface area (Å²) in [5, 5.41) is 22.2. The fourth-order valence-electron chi connectivity index (χ4n) is 2.43. The number of carbonyl (C=O) groups is 1. The van der Waals surface area contributed by atoms with Crippen LogP contribution in [0.15, 0.2) is 24.3 Å². The Morgan fingerprint density at radius 1 is 1.50 bits per heavy atom. The van der Waals surface area contributed by atoms with Gasteiger partial charge in [-0.15, -0.1) is 0 Å². The maximum atomic E-state index is 11.2. The molecule has 18 heavy (non-hydrogen) atoms. The molecule has 1 aromatic carbocycles. The number of phenolic OH excluding ortho intramolecular Hbond substituents is 1. The molecule has 3 N–H and O–H groups in total. The molecule has 0 saturated carbocycles. The van der Waals surface area contributed by atoms with Gasteiger partial charge in [-0.3, -0.25) is 9.69 Å². The third-order valence-electron chi connectivity index (χ3n) is 3.45. The zero-order chi connectivity index (χ0) is 13.1. The van der Waals surface area contributed by atoms with E-state index < -0.39 is 12.0 Å². The molecule has 5 heteroatoms. The Bertz CT molecular complexity index is 436. The van der Waals surface area contributed by atoms with Crippen molar-refractivity contribution in [2.24, 2.45) is 0 Å². The molecule has 2 unspecified atom stereocenters. The van der Waals surface area contributed by atoms with Crippen LogP contribution in [0, 0.1) is 0 Å². The second-order valence-electron chi connectivity index (χ2n) is 4.53. The fraction of sp³-hybridized carbons (Fsp3) is 0.462. The van der Waals surface area contributed by atoms with Crippen LogP contribution in [0.25, 0.3) is 0 Å². The number of benzene rings is 1. The summed E-state index contributed by atoms with van der Waals surface area (Å²) in [6.07, 6.45) is 0. The normalized spacial score (nSPS) is 22.6. The molecule has 1 saturated heterocycles. The van der Waals surface area contributed by atoms with Crippen LogP contribution in [0.5, 0.6) is 5.75 Å². The van der Waals surface area contributed by atoms with Crippen molar-refractivity contribution in [1.82, 2.24) is 10.2 Å². The van der Waals surface area contributed by atoms with E-state index in [1.54, 1.807) is 12.1 Å². The first-order valence-electron chi connectivity index (χ1n) is 6.08. The van der Waals surface area contributed by atoms with Crippen LogP contribution in [-0.4, -0.2) is 46.8 Å². The SMILES string of the molecule is CC(c1ccccc1O)N1CCNCC1C(=O)O. The van der Waals surface area contributed by atoms with E-state index in [0.717, 1.165) is 12.1 Å². The molecule has 0 radical (unpaired) electrons. The molecule has 2 atom stereocenters. The first-order valence-corrected chi connectivity index (χ1v) is 6.08. The van der Waals surface area contributed by atoms with Crippen molar-refractivity contribution in [2.75, 3.05) is 19.6 Å². The third kappa shape index (κ3) is 2.47. The second kappa shape index (κ2) is 5.37. The van der Waals surface area contributed by atoms with Gasteiger partial charge in [-0.1, -0.05) is 18.2 Å². The lowest BCUT2D eigenvalue weighted by Crippen LogP contribution is -2.55. The zero-order valence-corrected chi connectivity index (χ0v) is 10.3. The first kappa shape index (κ1) is 12.9. The number of hydrogen-bond donors (Lipinski definition) is 3. The number of phenols is 1. The van der Waals surface area contributed by atoms with Crippen LogP contribution in [-0.2, 0) is 4.79 Å². The molecule has 1 fully saturated rings. The van der Waals surface area contributed by atoms with Crippen molar-refractivity contribution in [2.45, 2.75) is 19.0 Å². The van der Waals surface area contributed by atoms with Gasteiger partial charge in [0.2, 0.25) is 0 Å². The van der Waals surface area contributed by atoms with Gasteiger partial charge in [0.1, 0.15) is 11.8 Å². The van der Waals surface area contributed by atoms with E-state index in [1.807, 2.05) is 24.0 Å². The Balaban J connectivity index is 2.23. The second-order valence-corrected chi connectivity index (χ2v) is 4.53. The summed E-state index contributed by atoms with van der Waals surface area (Å²) >= 11 is 0. The highest BCUT2D eigenvalue weighted by atomic mass is 16.4. The largest absolute Gasteiger partial charge is 0.508 e. The van der Waals surface area contributed by atoms with E-state index >= 15 is 0 Å². The predicted octanol–water partition coefficient (Wildman–Crippen LogP) is 0.812. The Hall–Kier alpha value is -1.59. The maximum Gasteiger partial charge on any atom is 0.322 e. The summed E-state index contributed by atoms with van der Waals surface area (Å²) in [4.78, 5) is 13.2. The van der Waals surface area contributed by atoms with Crippen molar-refractivity contribution >= 4 is 5.97 Å². The quantitative estimate of drug-likeness (QED) is 0.740. The Labute approximate surface area is 106 Å². The van der Waals surface area contributed by atoms with Gasteiger partial charge in [-0.2, -0.15) is 0 Å². The lowest BCUT2D eigenvalue weighted by Gasteiger charge is -2.38. The van der Waals surface area contributed by atoms with E-state index in [-0.39, 0.29) is 11.8 Å². The molecule has 0 amide bonds. The van der Waals surface area contributed by atoms with E-state index in [1.165, 1.54) is 0 Å². The summed E-state index contributed by atoms with van der Waals surface area (Å²) < 4.78 is 0. The van der Waals surface area contributed by atoms with Gasteiger partial charge in [-0.05, 0) is 13.0 Å². The number of piperazine rings is 1. The molecule has 98 valence electrons. The minimum atomic E-state index is -0.829. The standard InChI is InChI=1S/C13H18N2O3/c1-9(10-4-2-3-5-12(10)16)15-7-6-14-8-11(15)13(17)18/h2-5,9,11,14,16H,6-8H2,1H3,(H,17,18). The lowest BCUT2D eigenvalue weighted by molar-refractivity contribution is -0.145. The summed E-state index contributed by atoms with van der Waals surface area (Å²) in [5.41, 5.74) is 0.769. The van der Waals surface area contributed by atoms with Crippen molar-refractivity contribution in [3.05, 3.63) is 29.8 Å². The number of nitrogens with one attached hydrogen (secondary N) is 1. The monoisotopic (exact) mass is 250 g/mol. The van der Waals surface area contributed by atoms with Crippen molar-refractivity contribution in [1.29, 1.82) is 0 Å². The molecule has 0 bridgehead atoms. The summed E-state index contributed by atoms with van der Waals surface area (Å²) in [6.45, 7) is 3.79. The van der Waals surface area contributed by atoms with Gasteiger partial charge in [0.25, 0.3) is 0 Å². The van der Waals surface area contributed by atoms with Gasteiger partial charge >= 0.3 is 5.97 Å². The topological polar surface area (TPSA) is 72.8 Å². The smallest absolute Gasteiger partial charge is 0.322 e. The molecule has 1 aliphatic rings. The summed E-state index contributed by atoms with van der Waals surface area (Å²) in [7, 11) is 0. The molecular weight excluding hydrogens is 232 g/mol. The molecule has 1 aliphatic heterocycles. The molecule has 1 heterocycles. The molecule has 0 aromatic heterocycles. The minimum absolute atomic E-state index is 0.116. The van der Waals surface area contributed by atoms with Crippen molar-refractivity contribution < 1.29 is 15.0 Å². The first-order chi connectivity index (χ1) is 8.61. The Morgan fingerprint density at radius 3 is 2.89 bits per heavy atom. The van der Waals surface area contributed by atoms with E-state index in [0.29, 0.717) is 13.1 Å². The fourth-order valence-corrected chi connectivity index (χ4v) is 2.43. The zero-order valence-electron chi connectivity index (χ0n) is 10.3. The van der Waals surface area contributed by atoms with Crippen LogP contribution < -0.4 is 5.32 Å². The summed E-state index contributed by atoms with van der Waals surface area (Å²) in [5.74, 6) is -0.614. The third-order valence-corrected chi connectivity index (χ3v) is 3.45. The highest BCUT2D eigenvalue weighted by Crippen LogP contribution is 2.29. The van der Waals surface area contributed by atoms with Crippen molar-refractivity contribution in [3.63, 3.8) is 0 Å². The van der Waals surface area contributed by atoms with Gasteiger partial charge < -0.3 is 15.5 Å². The number of nitrogens with zero attached hydrogens (tertiary/aromatic N) is 1. The Morgan fingerprint density at radius 2 is 2.22 bits per heavy atom. The molecule has 5 nitrogen and oxygen atoms in total. The van der Waals surface area contributed by atoms with E-state index in [4.69, 9.17) is 0 Å². The van der Waals surface area contributed by atoms with Gasteiger partial charge in [0.15, 0.2) is 0 Å². The maximum absolute atomic E-state index is 11.2. The van der Waals surface area contributed by atoms with Gasteiger partial charge in [-0.25, -0.2) is 0 Å². The molecule has 0 aliphatic carbocycles. The number of carboxylic acids is 1. The van der Waals surface area contributed by atoms with Crippen LogP contribution in [0.3, 0.4) is 0 Å². The molecule has 0 spiro atoms. The number of para-hydroxylation sites is 1. The molecular formula is C13H18N2O3. The number of carboxylic acid groups (broad SMARTS) is 1. The average Bonchev–Trinajstić information content (AvgIpc) is 2.38. The van der Waals surface area contributed by atoms with Crippen LogP contribution >= 0.6 is 0 Å². The van der Waals surface area contributed by atoms with Crippen LogP contribution in [0.2, 0.25) is 0 Å². The number of hydrogen-bond acceptors (Lipinski definition) is 4. The lowest BCUT2D eigenvalue weighted by atomic mass is 10.0. The number of aromatic hydroxyl groups is 1. The van der Waals surface area contributed by atoms with Crippen molar-refractivity contribution in [3.8, 4) is 5.75 Å². The summed E-state index contributed by atoms with van der Waals surface area (Å²) in [6, 6.07) is 6.41. The number of aliphatic carboxylic acids is 1. The Kier molecular flexibility index (Phi) is 3.84. The minimum Gasteiger partial charge on any atom is -0.508 e. The molecule has 2 rings (SSSR count). The number of rotatable bonds is 3.